The molecule has 0 spiro atoms. The van der Waals surface area contributed by atoms with Crippen molar-refractivity contribution >= 4 is 5.91 Å². The number of nitrogens with zero attached hydrogens (tertiary/aromatic N) is 2. The number of carbonyl (C=O) groups excluding carboxylic acids is 1. The molecule has 178 valence electrons. The van der Waals surface area contributed by atoms with E-state index in [4.69, 9.17) is 4.74 Å². The summed E-state index contributed by atoms with van der Waals surface area (Å²) < 4.78 is 8.41. The number of aromatic hydroxyl groups is 1. The summed E-state index contributed by atoms with van der Waals surface area (Å²) in [6.45, 7) is 9.70. The lowest BCUT2D eigenvalue weighted by atomic mass is 9.67. The second-order valence-electron chi connectivity index (χ2n) is 10.1. The Morgan fingerprint density at radius 3 is 2.91 bits per heavy atom. The highest BCUT2D eigenvalue weighted by atomic mass is 16.5. The molecule has 1 aromatic heterocycles. The number of phenols is 1. The molecule has 0 bridgehead atoms. The molecule has 0 saturated carbocycles. The van der Waals surface area contributed by atoms with Gasteiger partial charge in [-0.2, -0.15) is 0 Å². The molecular formula is C27H37N3O3. The number of fused-ring (bicyclic) bond motifs is 3. The average molecular weight is 452 g/mol. The van der Waals surface area contributed by atoms with Gasteiger partial charge in [-0.25, -0.2) is 4.98 Å². The zero-order valence-electron chi connectivity index (χ0n) is 20.4. The summed E-state index contributed by atoms with van der Waals surface area (Å²) in [7, 11) is 0. The predicted octanol–water partition coefficient (Wildman–Crippen LogP) is 5.36. The SMILES string of the molecule is CCCCCc1cc2c(c(O)c1C(=O)NCCn1ccnc1)C1C=C(C)CC[C@H]1C(C)(C)O2. The second-order valence-corrected chi connectivity index (χ2v) is 10.1. The third-order valence-corrected chi connectivity index (χ3v) is 7.22. The maximum Gasteiger partial charge on any atom is 0.255 e. The quantitative estimate of drug-likeness (QED) is 0.418. The molecule has 2 aliphatic rings. The number of benzene rings is 1. The zero-order valence-corrected chi connectivity index (χ0v) is 20.4. The van der Waals surface area contributed by atoms with Crippen LogP contribution in [0, 0.1) is 5.92 Å². The summed E-state index contributed by atoms with van der Waals surface area (Å²) in [4.78, 5) is 17.4. The lowest BCUT2D eigenvalue weighted by Crippen LogP contribution is -2.45. The fourth-order valence-electron chi connectivity index (χ4n) is 5.43. The summed E-state index contributed by atoms with van der Waals surface area (Å²) in [5.41, 5.74) is 3.06. The van der Waals surface area contributed by atoms with Crippen molar-refractivity contribution in [3.8, 4) is 11.5 Å². The van der Waals surface area contributed by atoms with E-state index in [0.29, 0.717) is 18.7 Å². The van der Waals surface area contributed by atoms with Crippen molar-refractivity contribution in [2.75, 3.05) is 6.54 Å². The topological polar surface area (TPSA) is 76.4 Å². The van der Waals surface area contributed by atoms with Gasteiger partial charge in [-0.15, -0.1) is 0 Å². The minimum atomic E-state index is -0.323. The van der Waals surface area contributed by atoms with Crippen LogP contribution in [-0.4, -0.2) is 32.7 Å². The first-order valence-corrected chi connectivity index (χ1v) is 12.3. The Balaban J connectivity index is 1.70. The van der Waals surface area contributed by atoms with Gasteiger partial charge in [0.1, 0.15) is 17.1 Å². The third kappa shape index (κ3) is 4.80. The monoisotopic (exact) mass is 451 g/mol. The molecule has 1 unspecified atom stereocenters. The lowest BCUT2D eigenvalue weighted by molar-refractivity contribution is 0.0107. The van der Waals surface area contributed by atoms with Gasteiger partial charge in [0.05, 0.1) is 11.9 Å². The predicted molar refractivity (Wildman–Crippen MR) is 130 cm³/mol. The van der Waals surface area contributed by atoms with Crippen molar-refractivity contribution < 1.29 is 14.6 Å². The number of allylic oxidation sites excluding steroid dienone is 2. The van der Waals surface area contributed by atoms with E-state index in [1.54, 1.807) is 12.5 Å². The first-order chi connectivity index (χ1) is 15.8. The molecule has 6 nitrogen and oxygen atoms in total. The maximum atomic E-state index is 13.3. The van der Waals surface area contributed by atoms with Crippen molar-refractivity contribution in [3.05, 3.63) is 53.1 Å². The van der Waals surface area contributed by atoms with E-state index in [0.717, 1.165) is 55.4 Å². The largest absolute Gasteiger partial charge is 0.507 e. The molecule has 1 aromatic carbocycles. The Morgan fingerprint density at radius 2 is 2.18 bits per heavy atom. The number of nitrogens with one attached hydrogen (secondary N) is 1. The van der Waals surface area contributed by atoms with Gasteiger partial charge in [0.2, 0.25) is 0 Å². The molecular weight excluding hydrogens is 414 g/mol. The molecule has 1 amide bonds. The number of ether oxygens (including phenoxy) is 1. The molecule has 0 saturated heterocycles. The van der Waals surface area contributed by atoms with Crippen LogP contribution >= 0.6 is 0 Å². The van der Waals surface area contributed by atoms with Crippen LogP contribution in [0.15, 0.2) is 36.4 Å². The van der Waals surface area contributed by atoms with Crippen LogP contribution < -0.4 is 10.1 Å². The summed E-state index contributed by atoms with van der Waals surface area (Å²) in [5.74, 6) is 0.920. The van der Waals surface area contributed by atoms with E-state index >= 15 is 0 Å². The Labute approximate surface area is 197 Å². The summed E-state index contributed by atoms with van der Waals surface area (Å²) in [6, 6.07) is 2.02. The van der Waals surface area contributed by atoms with E-state index in [1.807, 2.05) is 16.8 Å². The molecule has 2 N–H and O–H groups in total. The molecule has 4 rings (SSSR count). The number of imidazole rings is 1. The van der Waals surface area contributed by atoms with Crippen LogP contribution in [0.5, 0.6) is 11.5 Å². The van der Waals surface area contributed by atoms with Crippen LogP contribution in [-0.2, 0) is 13.0 Å². The first kappa shape index (κ1) is 23.4. The molecule has 1 aliphatic carbocycles. The van der Waals surface area contributed by atoms with Gasteiger partial charge in [-0.05, 0) is 58.1 Å². The number of carbonyl (C=O) groups is 1. The van der Waals surface area contributed by atoms with Gasteiger partial charge >= 0.3 is 0 Å². The summed E-state index contributed by atoms with van der Waals surface area (Å²) >= 11 is 0. The molecule has 2 heterocycles. The smallest absolute Gasteiger partial charge is 0.255 e. The first-order valence-electron chi connectivity index (χ1n) is 12.3. The van der Waals surface area contributed by atoms with Crippen molar-refractivity contribution in [1.29, 1.82) is 0 Å². The maximum absolute atomic E-state index is 13.3. The highest BCUT2D eigenvalue weighted by Gasteiger charge is 2.46. The highest BCUT2D eigenvalue weighted by molar-refractivity contribution is 5.99. The van der Waals surface area contributed by atoms with Crippen LogP contribution in [0.1, 0.15) is 87.2 Å². The second kappa shape index (κ2) is 9.62. The van der Waals surface area contributed by atoms with Gasteiger partial charge in [0.15, 0.2) is 0 Å². The lowest BCUT2D eigenvalue weighted by Gasteiger charge is -2.46. The number of phenolic OH excluding ortho intramolecular Hbond substituents is 1. The fourth-order valence-corrected chi connectivity index (χ4v) is 5.43. The van der Waals surface area contributed by atoms with Crippen molar-refractivity contribution in [3.63, 3.8) is 0 Å². The molecule has 33 heavy (non-hydrogen) atoms. The molecule has 6 heteroatoms. The van der Waals surface area contributed by atoms with E-state index in [9.17, 15) is 9.90 Å². The Kier molecular flexibility index (Phi) is 6.82. The third-order valence-electron chi connectivity index (χ3n) is 7.22. The van der Waals surface area contributed by atoms with Crippen molar-refractivity contribution in [2.24, 2.45) is 5.92 Å². The number of rotatable bonds is 8. The number of hydrogen-bond acceptors (Lipinski definition) is 4. The molecule has 0 radical (unpaired) electrons. The average Bonchev–Trinajstić information content (AvgIpc) is 3.26. The fraction of sp³-hybridized carbons (Fsp3) is 0.556. The molecule has 1 aliphatic heterocycles. The Hall–Kier alpha value is -2.76. The van der Waals surface area contributed by atoms with Gasteiger partial charge in [0, 0.05) is 42.9 Å². The molecule has 2 aromatic rings. The Morgan fingerprint density at radius 1 is 1.36 bits per heavy atom. The number of hydrogen-bond donors (Lipinski definition) is 2. The summed E-state index contributed by atoms with van der Waals surface area (Å²) in [5, 5.41) is 14.5. The van der Waals surface area contributed by atoms with Gasteiger partial charge < -0.3 is 19.7 Å². The number of aromatic nitrogens is 2. The number of amides is 1. The molecule has 2 atom stereocenters. The normalized spacial score (nSPS) is 20.9. The van der Waals surface area contributed by atoms with Gasteiger partial charge in [-0.3, -0.25) is 4.79 Å². The van der Waals surface area contributed by atoms with E-state index in [2.05, 4.69) is 44.1 Å². The van der Waals surface area contributed by atoms with Crippen molar-refractivity contribution in [2.45, 2.75) is 84.3 Å². The number of aryl methyl sites for hydroxylation is 1. The van der Waals surface area contributed by atoms with Crippen molar-refractivity contribution in [1.82, 2.24) is 14.9 Å². The highest BCUT2D eigenvalue weighted by Crippen LogP contribution is 2.54. The standard InChI is InChI=1S/C27H37N3O3/c1-5-6-7-8-19-16-22-24(20-15-18(2)9-10-21(20)27(3,4)33-22)25(31)23(19)26(32)29-12-14-30-13-11-28-17-30/h11,13,15-17,20-21,31H,5-10,12,14H2,1-4H3,(H,29,32)/t20?,21-/m1/s1. The zero-order chi connectivity index (χ0) is 23.6. The minimum Gasteiger partial charge on any atom is -0.507 e. The minimum absolute atomic E-state index is 0.0553. The van der Waals surface area contributed by atoms with Crippen LogP contribution in [0.3, 0.4) is 0 Å². The van der Waals surface area contributed by atoms with Crippen LogP contribution in [0.4, 0.5) is 0 Å². The van der Waals surface area contributed by atoms with E-state index in [-0.39, 0.29) is 29.1 Å². The van der Waals surface area contributed by atoms with Gasteiger partial charge in [0.25, 0.3) is 5.91 Å². The summed E-state index contributed by atoms with van der Waals surface area (Å²) in [6.07, 6.45) is 13.5. The van der Waals surface area contributed by atoms with Crippen LogP contribution in [0.25, 0.3) is 0 Å². The molecule has 0 fully saturated rings. The Bertz CT molecular complexity index is 1020. The van der Waals surface area contributed by atoms with E-state index in [1.165, 1.54) is 5.57 Å². The van der Waals surface area contributed by atoms with Gasteiger partial charge in [-0.1, -0.05) is 31.4 Å². The number of unbranched alkanes of at least 4 members (excludes halogenated alkanes) is 2. The van der Waals surface area contributed by atoms with E-state index < -0.39 is 0 Å². The van der Waals surface area contributed by atoms with Crippen LogP contribution in [0.2, 0.25) is 0 Å².